The van der Waals surface area contributed by atoms with E-state index in [2.05, 4.69) is 5.32 Å². The molecule has 1 aromatic rings. The van der Waals surface area contributed by atoms with Gasteiger partial charge >= 0.3 is 0 Å². The number of carbonyl (C=O) groups is 1. The van der Waals surface area contributed by atoms with Crippen molar-refractivity contribution in [1.82, 2.24) is 5.32 Å². The van der Waals surface area contributed by atoms with Gasteiger partial charge in [0.1, 0.15) is 4.90 Å². The second kappa shape index (κ2) is 7.55. The molecule has 1 atom stereocenters. The third-order valence-electron chi connectivity index (χ3n) is 2.46. The zero-order valence-corrected chi connectivity index (χ0v) is 14.2. The second-order valence-electron chi connectivity index (χ2n) is 4.20. The van der Waals surface area contributed by atoms with Crippen LogP contribution < -0.4 is 10.5 Å². The lowest BCUT2D eigenvalue weighted by Gasteiger charge is -2.09. The molecule has 0 saturated carbocycles. The van der Waals surface area contributed by atoms with Gasteiger partial charge in [0.05, 0.1) is 10.0 Å². The Kier molecular flexibility index (Phi) is 6.61. The predicted molar refractivity (Wildman–Crippen MR) is 83.7 cm³/mol. The van der Waals surface area contributed by atoms with Crippen LogP contribution >= 0.6 is 23.2 Å². The van der Waals surface area contributed by atoms with Crippen LogP contribution in [0.4, 0.5) is 0 Å². The highest BCUT2D eigenvalue weighted by Crippen LogP contribution is 2.30. The van der Waals surface area contributed by atoms with E-state index < -0.39 is 31.6 Å². The number of benzene rings is 1. The quantitative estimate of drug-likeness (QED) is 0.729. The van der Waals surface area contributed by atoms with Gasteiger partial charge in [-0.3, -0.25) is 9.00 Å². The summed E-state index contributed by atoms with van der Waals surface area (Å²) in [4.78, 5) is 11.5. The van der Waals surface area contributed by atoms with E-state index in [1.165, 1.54) is 6.07 Å². The minimum Gasteiger partial charge on any atom is -0.352 e. The molecule has 10 heteroatoms. The Morgan fingerprint density at radius 2 is 2.00 bits per heavy atom. The predicted octanol–water partition coefficient (Wildman–Crippen LogP) is 1.14. The smallest absolute Gasteiger partial charge is 0.251 e. The summed E-state index contributed by atoms with van der Waals surface area (Å²) in [5, 5.41) is 7.28. The second-order valence-corrected chi connectivity index (χ2v) is 8.07. The van der Waals surface area contributed by atoms with Crippen molar-refractivity contribution < 1.29 is 17.4 Å². The number of halogens is 2. The molecule has 0 aliphatic carbocycles. The van der Waals surface area contributed by atoms with Gasteiger partial charge in [-0.2, -0.15) is 0 Å². The van der Waals surface area contributed by atoms with Gasteiger partial charge in [-0.15, -0.1) is 0 Å². The minimum atomic E-state index is -4.09. The maximum Gasteiger partial charge on any atom is 0.251 e. The molecule has 1 aromatic carbocycles. The third kappa shape index (κ3) is 5.55. The fraction of sp³-hybridized carbons (Fsp3) is 0.364. The molecule has 1 amide bonds. The highest BCUT2D eigenvalue weighted by molar-refractivity contribution is 7.89. The highest BCUT2D eigenvalue weighted by atomic mass is 35.5. The molecular weight excluding hydrogens is 359 g/mol. The normalized spacial score (nSPS) is 13.0. The molecule has 0 saturated heterocycles. The SMILES string of the molecule is CS(=O)CCCNC(=O)c1cc(Cl)c(Cl)c(S(N)(=O)=O)c1. The molecule has 0 heterocycles. The molecule has 0 aliphatic rings. The number of nitrogens with two attached hydrogens (primary N) is 1. The van der Waals surface area contributed by atoms with Gasteiger partial charge in [0, 0.05) is 34.9 Å². The van der Waals surface area contributed by atoms with Gasteiger partial charge in [0.2, 0.25) is 10.0 Å². The molecule has 0 aromatic heterocycles. The average molecular weight is 373 g/mol. The summed E-state index contributed by atoms with van der Waals surface area (Å²) in [5.41, 5.74) is 0.0334. The van der Waals surface area contributed by atoms with Gasteiger partial charge in [-0.1, -0.05) is 23.2 Å². The molecule has 0 radical (unpaired) electrons. The van der Waals surface area contributed by atoms with Gasteiger partial charge in [0.25, 0.3) is 5.91 Å². The fourth-order valence-corrected chi connectivity index (χ4v) is 3.39. The van der Waals surface area contributed by atoms with E-state index in [0.29, 0.717) is 18.7 Å². The molecule has 0 bridgehead atoms. The van der Waals surface area contributed by atoms with E-state index in [9.17, 15) is 17.4 Å². The van der Waals surface area contributed by atoms with Gasteiger partial charge in [-0.05, 0) is 18.6 Å². The van der Waals surface area contributed by atoms with Crippen molar-refractivity contribution in [3.8, 4) is 0 Å². The maximum atomic E-state index is 11.9. The first-order valence-corrected chi connectivity index (χ1v) is 9.76. The minimum absolute atomic E-state index is 0.0334. The Balaban J connectivity index is 2.91. The summed E-state index contributed by atoms with van der Waals surface area (Å²) in [6.07, 6.45) is 2.11. The molecule has 0 spiro atoms. The Bertz CT molecular complexity index is 677. The molecule has 0 aliphatic heterocycles. The number of sulfonamides is 1. The van der Waals surface area contributed by atoms with Crippen molar-refractivity contribution in [2.45, 2.75) is 11.3 Å². The Labute approximate surface area is 135 Å². The van der Waals surface area contributed by atoms with Crippen LogP contribution in [0.5, 0.6) is 0 Å². The standard InChI is InChI=1S/C11H14Cl2N2O4S2/c1-20(17)4-2-3-15-11(16)7-5-8(12)10(13)9(6-7)21(14,18)19/h5-6H,2-4H2,1H3,(H,15,16)(H2,14,18,19). The summed E-state index contributed by atoms with van der Waals surface area (Å²) in [6.45, 7) is 0.309. The van der Waals surface area contributed by atoms with E-state index in [4.69, 9.17) is 28.3 Å². The number of primary sulfonamides is 1. The lowest BCUT2D eigenvalue weighted by Crippen LogP contribution is -2.26. The van der Waals surface area contributed by atoms with Gasteiger partial charge in [0.15, 0.2) is 0 Å². The van der Waals surface area contributed by atoms with E-state index in [1.807, 2.05) is 0 Å². The van der Waals surface area contributed by atoms with Gasteiger partial charge in [-0.25, -0.2) is 13.6 Å². The highest BCUT2D eigenvalue weighted by Gasteiger charge is 2.19. The Morgan fingerprint density at radius 1 is 1.38 bits per heavy atom. The number of hydrogen-bond donors (Lipinski definition) is 2. The van der Waals surface area contributed by atoms with Crippen LogP contribution in [0, 0.1) is 0 Å². The lowest BCUT2D eigenvalue weighted by molar-refractivity contribution is 0.0953. The van der Waals surface area contributed by atoms with E-state index >= 15 is 0 Å². The maximum absolute atomic E-state index is 11.9. The molecular formula is C11H14Cl2N2O4S2. The van der Waals surface area contributed by atoms with Crippen molar-refractivity contribution in [2.24, 2.45) is 5.14 Å². The summed E-state index contributed by atoms with van der Waals surface area (Å²) in [6, 6.07) is 2.32. The molecule has 118 valence electrons. The average Bonchev–Trinajstić information content (AvgIpc) is 2.35. The van der Waals surface area contributed by atoms with Crippen LogP contribution in [0.2, 0.25) is 10.0 Å². The van der Waals surface area contributed by atoms with Crippen LogP contribution in [0.15, 0.2) is 17.0 Å². The van der Waals surface area contributed by atoms with Crippen molar-refractivity contribution in [3.63, 3.8) is 0 Å². The number of nitrogens with one attached hydrogen (secondary N) is 1. The van der Waals surface area contributed by atoms with Crippen LogP contribution in [0.3, 0.4) is 0 Å². The van der Waals surface area contributed by atoms with Crippen molar-refractivity contribution in [1.29, 1.82) is 0 Å². The molecule has 1 rings (SSSR count). The number of carbonyl (C=O) groups excluding carboxylic acids is 1. The first kappa shape index (κ1) is 18.4. The zero-order valence-electron chi connectivity index (χ0n) is 11.1. The summed E-state index contributed by atoms with van der Waals surface area (Å²) in [5.74, 6) is -0.0512. The summed E-state index contributed by atoms with van der Waals surface area (Å²) >= 11 is 11.6. The molecule has 6 nitrogen and oxygen atoms in total. The summed E-state index contributed by atoms with van der Waals surface area (Å²) < 4.78 is 33.7. The third-order valence-corrected chi connectivity index (χ3v) is 5.17. The molecule has 21 heavy (non-hydrogen) atoms. The monoisotopic (exact) mass is 372 g/mol. The van der Waals surface area contributed by atoms with E-state index in [-0.39, 0.29) is 15.6 Å². The van der Waals surface area contributed by atoms with Crippen LogP contribution in [0.1, 0.15) is 16.8 Å². The Morgan fingerprint density at radius 3 is 2.52 bits per heavy atom. The zero-order chi connectivity index (χ0) is 16.2. The van der Waals surface area contributed by atoms with E-state index in [1.54, 1.807) is 6.26 Å². The largest absolute Gasteiger partial charge is 0.352 e. The van der Waals surface area contributed by atoms with Crippen molar-refractivity contribution in [2.75, 3.05) is 18.6 Å². The lowest BCUT2D eigenvalue weighted by atomic mass is 10.2. The molecule has 0 fully saturated rings. The number of rotatable bonds is 6. The van der Waals surface area contributed by atoms with Crippen LogP contribution in [0.25, 0.3) is 0 Å². The van der Waals surface area contributed by atoms with Crippen LogP contribution in [-0.4, -0.2) is 37.1 Å². The summed E-state index contributed by atoms with van der Waals surface area (Å²) in [7, 11) is -5.02. The Hall–Kier alpha value is -0.670. The van der Waals surface area contributed by atoms with E-state index in [0.717, 1.165) is 6.07 Å². The number of amides is 1. The van der Waals surface area contributed by atoms with Crippen LogP contribution in [-0.2, 0) is 20.8 Å². The number of hydrogen-bond acceptors (Lipinski definition) is 4. The van der Waals surface area contributed by atoms with Crippen molar-refractivity contribution >= 4 is 49.9 Å². The van der Waals surface area contributed by atoms with Crippen molar-refractivity contribution in [3.05, 3.63) is 27.7 Å². The first-order chi connectivity index (χ1) is 9.62. The van der Waals surface area contributed by atoms with Gasteiger partial charge < -0.3 is 5.32 Å². The molecule has 3 N–H and O–H groups in total. The first-order valence-electron chi connectivity index (χ1n) is 5.73. The molecule has 1 unspecified atom stereocenters. The topological polar surface area (TPSA) is 106 Å². The fourth-order valence-electron chi connectivity index (χ4n) is 1.48.